The summed E-state index contributed by atoms with van der Waals surface area (Å²) in [6, 6.07) is 2.95. The molecule has 0 radical (unpaired) electrons. The minimum absolute atomic E-state index is 0.223. The van der Waals surface area contributed by atoms with Gasteiger partial charge < -0.3 is 14.8 Å². The van der Waals surface area contributed by atoms with E-state index < -0.39 is 21.7 Å². The van der Waals surface area contributed by atoms with Crippen molar-refractivity contribution in [3.05, 3.63) is 40.1 Å². The number of anilines is 1. The number of urea groups is 1. The second-order valence-corrected chi connectivity index (χ2v) is 10.3. The van der Waals surface area contributed by atoms with Gasteiger partial charge in [-0.1, -0.05) is 6.07 Å². The SMILES string of the molecule is CCOC1(c2cc(S(=O)(=O)NC(=O)Nc3c4c(cc5c3CCC5)CCC4)nn2C)COC1. The van der Waals surface area contributed by atoms with Gasteiger partial charge in [0.1, 0.15) is 0 Å². The number of amides is 2. The Morgan fingerprint density at radius 1 is 1.16 bits per heavy atom. The summed E-state index contributed by atoms with van der Waals surface area (Å²) in [5.41, 5.74) is 5.50. The number of carbonyl (C=O) groups is 1. The van der Waals surface area contributed by atoms with Crippen LogP contribution in [-0.4, -0.2) is 44.1 Å². The molecule has 2 N–H and O–H groups in total. The maximum atomic E-state index is 12.9. The molecule has 3 aliphatic rings. The Kier molecular flexibility index (Phi) is 5.26. The van der Waals surface area contributed by atoms with E-state index in [2.05, 4.69) is 21.2 Å². The molecule has 1 saturated heterocycles. The van der Waals surface area contributed by atoms with Crippen LogP contribution in [0.4, 0.5) is 10.5 Å². The van der Waals surface area contributed by atoms with Crippen LogP contribution >= 0.6 is 0 Å². The third-order valence-corrected chi connectivity index (χ3v) is 7.83. The number of ether oxygens (including phenoxy) is 2. The maximum Gasteiger partial charge on any atom is 0.333 e. The molecule has 1 fully saturated rings. The van der Waals surface area contributed by atoms with Crippen molar-refractivity contribution >= 4 is 21.7 Å². The number of benzene rings is 1. The summed E-state index contributed by atoms with van der Waals surface area (Å²) >= 11 is 0. The van der Waals surface area contributed by atoms with Gasteiger partial charge in [0.2, 0.25) is 0 Å². The number of carbonyl (C=O) groups excluding carboxylic acids is 1. The fourth-order valence-corrected chi connectivity index (χ4v) is 6.04. The van der Waals surface area contributed by atoms with Crippen LogP contribution in [-0.2, 0) is 57.8 Å². The van der Waals surface area contributed by atoms with Gasteiger partial charge in [-0.05, 0) is 67.7 Å². The largest absolute Gasteiger partial charge is 0.374 e. The van der Waals surface area contributed by atoms with Crippen LogP contribution in [0.1, 0.15) is 47.7 Å². The Morgan fingerprint density at radius 2 is 1.81 bits per heavy atom. The molecule has 2 amide bonds. The van der Waals surface area contributed by atoms with Crippen molar-refractivity contribution in [2.24, 2.45) is 7.05 Å². The normalized spacial score (nSPS) is 18.7. The topological polar surface area (TPSA) is 112 Å². The van der Waals surface area contributed by atoms with Gasteiger partial charge in [-0.2, -0.15) is 13.5 Å². The molecule has 32 heavy (non-hydrogen) atoms. The lowest BCUT2D eigenvalue weighted by Crippen LogP contribution is -2.50. The summed E-state index contributed by atoms with van der Waals surface area (Å²) in [6.45, 7) is 3.00. The van der Waals surface area contributed by atoms with Crippen LogP contribution in [0.3, 0.4) is 0 Å². The van der Waals surface area contributed by atoms with Crippen LogP contribution in [0, 0.1) is 0 Å². The molecule has 2 heterocycles. The van der Waals surface area contributed by atoms with Gasteiger partial charge in [0.25, 0.3) is 10.0 Å². The fraction of sp³-hybridized carbons (Fsp3) is 0.545. The van der Waals surface area contributed by atoms with E-state index in [0.717, 1.165) is 55.3 Å². The van der Waals surface area contributed by atoms with E-state index in [1.165, 1.54) is 21.9 Å². The van der Waals surface area contributed by atoms with Gasteiger partial charge in [-0.25, -0.2) is 9.52 Å². The van der Waals surface area contributed by atoms with Gasteiger partial charge in [0, 0.05) is 25.4 Å². The molecule has 172 valence electrons. The van der Waals surface area contributed by atoms with E-state index >= 15 is 0 Å². The lowest BCUT2D eigenvalue weighted by atomic mass is 9.97. The highest BCUT2D eigenvalue weighted by Gasteiger charge is 2.45. The lowest BCUT2D eigenvalue weighted by molar-refractivity contribution is -0.218. The molecule has 1 aromatic carbocycles. The summed E-state index contributed by atoms with van der Waals surface area (Å²) in [5.74, 6) is 0. The first-order valence-electron chi connectivity index (χ1n) is 11.1. The third kappa shape index (κ3) is 3.50. The zero-order chi connectivity index (χ0) is 22.5. The molecule has 0 atom stereocenters. The Hall–Kier alpha value is -2.43. The highest BCUT2D eigenvalue weighted by atomic mass is 32.2. The van der Waals surface area contributed by atoms with E-state index in [1.807, 2.05) is 6.92 Å². The van der Waals surface area contributed by atoms with Gasteiger partial charge in [0.15, 0.2) is 10.6 Å². The monoisotopic (exact) mass is 460 g/mol. The first-order valence-corrected chi connectivity index (χ1v) is 12.6. The zero-order valence-corrected chi connectivity index (χ0v) is 19.2. The molecule has 0 bridgehead atoms. The quantitative estimate of drug-likeness (QED) is 0.683. The molecule has 5 rings (SSSR count). The Labute approximate surface area is 187 Å². The maximum absolute atomic E-state index is 12.9. The Bertz CT molecular complexity index is 1150. The van der Waals surface area contributed by atoms with Crippen LogP contribution in [0.15, 0.2) is 17.2 Å². The number of sulfonamides is 1. The number of hydrogen-bond donors (Lipinski definition) is 2. The molecule has 0 unspecified atom stereocenters. The van der Waals surface area contributed by atoms with Crippen molar-refractivity contribution in [2.75, 3.05) is 25.1 Å². The predicted octanol–water partition coefficient (Wildman–Crippen LogP) is 2.17. The first-order chi connectivity index (χ1) is 15.3. The molecular weight excluding hydrogens is 432 g/mol. The highest BCUT2D eigenvalue weighted by molar-refractivity contribution is 7.90. The molecule has 1 aromatic heterocycles. The second kappa shape index (κ2) is 7.86. The van der Waals surface area contributed by atoms with Crippen LogP contribution in [0.5, 0.6) is 0 Å². The molecule has 0 saturated carbocycles. The predicted molar refractivity (Wildman–Crippen MR) is 117 cm³/mol. The van der Waals surface area contributed by atoms with Gasteiger partial charge >= 0.3 is 6.03 Å². The summed E-state index contributed by atoms with van der Waals surface area (Å²) in [7, 11) is -2.50. The average molecular weight is 461 g/mol. The Morgan fingerprint density at radius 3 is 2.38 bits per heavy atom. The van der Waals surface area contributed by atoms with Gasteiger partial charge in [-0.15, -0.1) is 0 Å². The fourth-order valence-electron chi connectivity index (χ4n) is 5.15. The number of hydrogen-bond acceptors (Lipinski definition) is 6. The van der Waals surface area contributed by atoms with Crippen molar-refractivity contribution in [2.45, 2.75) is 56.1 Å². The summed E-state index contributed by atoms with van der Waals surface area (Å²) < 4.78 is 40.6. The van der Waals surface area contributed by atoms with Crippen molar-refractivity contribution in [1.82, 2.24) is 14.5 Å². The molecule has 0 spiro atoms. The van der Waals surface area contributed by atoms with Gasteiger partial charge in [-0.3, -0.25) is 4.68 Å². The molecule has 10 heteroatoms. The minimum Gasteiger partial charge on any atom is -0.374 e. The standard InChI is InChI=1S/C22H28N4O5S/c1-3-31-22(12-30-13-22)18-11-19(24-26(18)2)32(28,29)25-21(27)23-20-16-8-4-6-14(16)10-15-7-5-9-17(15)20/h10-11H,3-9,12-13H2,1-2H3,(H2,23,25,27). The molecule has 9 nitrogen and oxygen atoms in total. The molecule has 2 aromatic rings. The summed E-state index contributed by atoms with van der Waals surface area (Å²) in [6.07, 6.45) is 5.90. The molecule has 2 aliphatic carbocycles. The van der Waals surface area contributed by atoms with E-state index in [4.69, 9.17) is 9.47 Å². The van der Waals surface area contributed by atoms with Gasteiger partial charge in [0.05, 0.1) is 18.9 Å². The molecule has 1 aliphatic heterocycles. The van der Waals surface area contributed by atoms with E-state index in [9.17, 15) is 13.2 Å². The number of aryl methyl sites for hydroxylation is 3. The number of nitrogens with one attached hydrogen (secondary N) is 2. The smallest absolute Gasteiger partial charge is 0.333 e. The van der Waals surface area contributed by atoms with E-state index in [1.54, 1.807) is 7.05 Å². The van der Waals surface area contributed by atoms with Crippen LogP contribution < -0.4 is 10.0 Å². The van der Waals surface area contributed by atoms with Crippen molar-refractivity contribution in [3.8, 4) is 0 Å². The number of aromatic nitrogens is 2. The van der Waals surface area contributed by atoms with Crippen LogP contribution in [0.25, 0.3) is 0 Å². The van der Waals surface area contributed by atoms with Crippen molar-refractivity contribution in [3.63, 3.8) is 0 Å². The minimum atomic E-state index is -4.16. The lowest BCUT2D eigenvalue weighted by Gasteiger charge is -2.40. The first kappa shape index (κ1) is 21.4. The van der Waals surface area contributed by atoms with E-state index in [-0.39, 0.29) is 5.03 Å². The summed E-state index contributed by atoms with van der Waals surface area (Å²) in [4.78, 5) is 12.8. The Balaban J connectivity index is 1.38. The van der Waals surface area contributed by atoms with E-state index in [0.29, 0.717) is 25.5 Å². The second-order valence-electron chi connectivity index (χ2n) is 8.71. The zero-order valence-electron chi connectivity index (χ0n) is 18.4. The van der Waals surface area contributed by atoms with Crippen molar-refractivity contribution in [1.29, 1.82) is 0 Å². The number of nitrogens with zero attached hydrogens (tertiary/aromatic N) is 2. The average Bonchev–Trinajstić information content (AvgIpc) is 3.43. The summed E-state index contributed by atoms with van der Waals surface area (Å²) in [5, 5.41) is 6.77. The van der Waals surface area contributed by atoms with Crippen LogP contribution in [0.2, 0.25) is 0 Å². The molecular formula is C22H28N4O5S. The number of rotatable bonds is 6. The van der Waals surface area contributed by atoms with Crippen molar-refractivity contribution < 1.29 is 22.7 Å². The highest BCUT2D eigenvalue weighted by Crippen LogP contribution is 2.39. The number of fused-ring (bicyclic) bond motifs is 2. The third-order valence-electron chi connectivity index (χ3n) is 6.63.